The average Bonchev–Trinajstić information content (AvgIpc) is 2.33. The predicted molar refractivity (Wildman–Crippen MR) is 61.2 cm³/mol. The first-order valence-electron chi connectivity index (χ1n) is 4.91. The van der Waals surface area contributed by atoms with Crippen LogP contribution in [-0.4, -0.2) is 15.9 Å². The maximum Gasteiger partial charge on any atom is 0.274 e. The van der Waals surface area contributed by atoms with Gasteiger partial charge in [0.2, 0.25) is 0 Å². The second-order valence-corrected chi connectivity index (χ2v) is 3.31. The van der Waals surface area contributed by atoms with Crippen LogP contribution in [0.2, 0.25) is 0 Å². The third-order valence-corrected chi connectivity index (χ3v) is 2.15. The molecule has 2 heterocycles. The van der Waals surface area contributed by atoms with Crippen LogP contribution >= 0.6 is 0 Å². The number of carbonyl (C=O) groups is 1. The number of aromatic nitrogens is 2. The van der Waals surface area contributed by atoms with Crippen molar-refractivity contribution in [3.63, 3.8) is 0 Å². The quantitative estimate of drug-likeness (QED) is 0.830. The number of carbonyl (C=O) groups excluding carboxylic acids is 1. The molecule has 0 aliphatic rings. The predicted octanol–water partition coefficient (Wildman–Crippen LogP) is 2.04. The monoisotopic (exact) mass is 213 g/mol. The molecule has 0 atom stereocenters. The number of anilines is 1. The van der Waals surface area contributed by atoms with Crippen LogP contribution in [0.4, 0.5) is 5.69 Å². The van der Waals surface area contributed by atoms with E-state index in [0.717, 1.165) is 5.69 Å². The summed E-state index contributed by atoms with van der Waals surface area (Å²) in [6.07, 6.45) is 3.27. The van der Waals surface area contributed by atoms with Crippen LogP contribution in [-0.2, 0) is 0 Å². The van der Waals surface area contributed by atoms with E-state index in [0.29, 0.717) is 11.4 Å². The zero-order valence-electron chi connectivity index (χ0n) is 8.84. The van der Waals surface area contributed by atoms with E-state index in [2.05, 4.69) is 15.3 Å². The Bertz CT molecular complexity index is 497. The molecule has 4 heteroatoms. The number of nitrogens with zero attached hydrogens (tertiary/aromatic N) is 2. The van der Waals surface area contributed by atoms with E-state index < -0.39 is 0 Å². The minimum absolute atomic E-state index is 0.225. The minimum Gasteiger partial charge on any atom is -0.319 e. The molecule has 0 aromatic carbocycles. The molecule has 0 aliphatic carbocycles. The summed E-state index contributed by atoms with van der Waals surface area (Å²) in [6.45, 7) is 1.84. The Morgan fingerprint density at radius 3 is 2.62 bits per heavy atom. The number of pyridine rings is 2. The normalized spacial score (nSPS) is 9.81. The SMILES string of the molecule is Cc1ncccc1NC(=O)c1ccccn1. The van der Waals surface area contributed by atoms with E-state index in [1.54, 1.807) is 36.7 Å². The topological polar surface area (TPSA) is 54.9 Å². The lowest BCUT2D eigenvalue weighted by atomic mass is 10.3. The summed E-state index contributed by atoms with van der Waals surface area (Å²) in [7, 11) is 0. The van der Waals surface area contributed by atoms with Crippen LogP contribution < -0.4 is 5.32 Å². The summed E-state index contributed by atoms with van der Waals surface area (Å²) in [5.74, 6) is -0.225. The fraction of sp³-hybridized carbons (Fsp3) is 0.0833. The zero-order valence-corrected chi connectivity index (χ0v) is 8.84. The van der Waals surface area contributed by atoms with Crippen molar-refractivity contribution in [2.24, 2.45) is 0 Å². The van der Waals surface area contributed by atoms with Crippen molar-refractivity contribution in [1.82, 2.24) is 9.97 Å². The van der Waals surface area contributed by atoms with E-state index in [-0.39, 0.29) is 5.91 Å². The number of aryl methyl sites for hydroxylation is 1. The van der Waals surface area contributed by atoms with Crippen molar-refractivity contribution in [2.75, 3.05) is 5.32 Å². The highest BCUT2D eigenvalue weighted by molar-refractivity contribution is 6.03. The van der Waals surface area contributed by atoms with Gasteiger partial charge in [-0.25, -0.2) is 0 Å². The molecule has 2 aromatic rings. The van der Waals surface area contributed by atoms with Crippen LogP contribution in [0.5, 0.6) is 0 Å². The highest BCUT2D eigenvalue weighted by Gasteiger charge is 2.07. The Morgan fingerprint density at radius 1 is 1.12 bits per heavy atom. The standard InChI is InChI=1S/C12H11N3O/c1-9-10(6-4-8-13-9)15-12(16)11-5-2-3-7-14-11/h2-8H,1H3,(H,15,16). The molecule has 1 N–H and O–H groups in total. The number of rotatable bonds is 2. The van der Waals surface area contributed by atoms with Crippen molar-refractivity contribution in [3.8, 4) is 0 Å². The maximum absolute atomic E-state index is 11.8. The molecule has 0 fully saturated rings. The highest BCUT2D eigenvalue weighted by Crippen LogP contribution is 2.11. The van der Waals surface area contributed by atoms with Gasteiger partial charge in [-0.2, -0.15) is 0 Å². The molecule has 0 bridgehead atoms. The van der Waals surface area contributed by atoms with Gasteiger partial charge >= 0.3 is 0 Å². The van der Waals surface area contributed by atoms with Gasteiger partial charge in [0.05, 0.1) is 11.4 Å². The first-order chi connectivity index (χ1) is 7.77. The lowest BCUT2D eigenvalue weighted by molar-refractivity contribution is 0.102. The van der Waals surface area contributed by atoms with Gasteiger partial charge in [0.25, 0.3) is 5.91 Å². The molecule has 0 unspecified atom stereocenters. The Morgan fingerprint density at radius 2 is 1.94 bits per heavy atom. The Hall–Kier alpha value is -2.23. The molecule has 16 heavy (non-hydrogen) atoms. The van der Waals surface area contributed by atoms with Gasteiger partial charge in [-0.3, -0.25) is 14.8 Å². The van der Waals surface area contributed by atoms with Gasteiger partial charge < -0.3 is 5.32 Å². The van der Waals surface area contributed by atoms with E-state index in [1.165, 1.54) is 0 Å². The molecule has 0 spiro atoms. The molecule has 80 valence electrons. The molecule has 2 rings (SSSR count). The van der Waals surface area contributed by atoms with Crippen molar-refractivity contribution in [3.05, 3.63) is 54.1 Å². The highest BCUT2D eigenvalue weighted by atomic mass is 16.1. The fourth-order valence-electron chi connectivity index (χ4n) is 1.30. The molecule has 0 saturated heterocycles. The first kappa shape index (κ1) is 10.3. The lowest BCUT2D eigenvalue weighted by Crippen LogP contribution is -2.14. The molecule has 0 aliphatic heterocycles. The molecular formula is C12H11N3O. The second-order valence-electron chi connectivity index (χ2n) is 3.31. The number of hydrogen-bond acceptors (Lipinski definition) is 3. The molecule has 1 amide bonds. The van der Waals surface area contributed by atoms with Crippen LogP contribution in [0, 0.1) is 6.92 Å². The van der Waals surface area contributed by atoms with E-state index >= 15 is 0 Å². The molecule has 2 aromatic heterocycles. The van der Waals surface area contributed by atoms with Crippen molar-refractivity contribution < 1.29 is 4.79 Å². The van der Waals surface area contributed by atoms with Crippen LogP contribution in [0.15, 0.2) is 42.7 Å². The summed E-state index contributed by atoms with van der Waals surface area (Å²) in [5, 5.41) is 2.76. The molecular weight excluding hydrogens is 202 g/mol. The Balaban J connectivity index is 2.18. The lowest BCUT2D eigenvalue weighted by Gasteiger charge is -2.06. The van der Waals surface area contributed by atoms with Gasteiger partial charge in [0, 0.05) is 12.4 Å². The van der Waals surface area contributed by atoms with Crippen molar-refractivity contribution in [1.29, 1.82) is 0 Å². The molecule has 0 saturated carbocycles. The first-order valence-corrected chi connectivity index (χ1v) is 4.91. The van der Waals surface area contributed by atoms with Crippen LogP contribution in [0.25, 0.3) is 0 Å². The van der Waals surface area contributed by atoms with Crippen LogP contribution in [0.3, 0.4) is 0 Å². The van der Waals surface area contributed by atoms with E-state index in [9.17, 15) is 4.79 Å². The maximum atomic E-state index is 11.8. The Labute approximate surface area is 93.4 Å². The van der Waals surface area contributed by atoms with Gasteiger partial charge in [0.15, 0.2) is 0 Å². The van der Waals surface area contributed by atoms with E-state index in [1.807, 2.05) is 13.0 Å². The fourth-order valence-corrected chi connectivity index (χ4v) is 1.30. The summed E-state index contributed by atoms with van der Waals surface area (Å²) in [4.78, 5) is 19.8. The van der Waals surface area contributed by atoms with Crippen molar-refractivity contribution >= 4 is 11.6 Å². The summed E-state index contributed by atoms with van der Waals surface area (Å²) in [6, 6.07) is 8.80. The van der Waals surface area contributed by atoms with E-state index in [4.69, 9.17) is 0 Å². The second kappa shape index (κ2) is 4.53. The van der Waals surface area contributed by atoms with Gasteiger partial charge in [-0.15, -0.1) is 0 Å². The smallest absolute Gasteiger partial charge is 0.274 e. The number of nitrogens with one attached hydrogen (secondary N) is 1. The van der Waals surface area contributed by atoms with Crippen LogP contribution in [0.1, 0.15) is 16.2 Å². The summed E-state index contributed by atoms with van der Waals surface area (Å²) < 4.78 is 0. The van der Waals surface area contributed by atoms with Gasteiger partial charge in [-0.1, -0.05) is 6.07 Å². The molecule has 4 nitrogen and oxygen atoms in total. The van der Waals surface area contributed by atoms with Gasteiger partial charge in [0.1, 0.15) is 5.69 Å². The summed E-state index contributed by atoms with van der Waals surface area (Å²) >= 11 is 0. The third-order valence-electron chi connectivity index (χ3n) is 2.15. The zero-order chi connectivity index (χ0) is 11.4. The Kier molecular flexibility index (Phi) is 2.91. The summed E-state index contributed by atoms with van der Waals surface area (Å²) in [5.41, 5.74) is 1.88. The average molecular weight is 213 g/mol. The van der Waals surface area contributed by atoms with Gasteiger partial charge in [-0.05, 0) is 31.2 Å². The number of hydrogen-bond donors (Lipinski definition) is 1. The molecule has 0 radical (unpaired) electrons. The number of amides is 1. The minimum atomic E-state index is -0.225. The van der Waals surface area contributed by atoms with Crippen molar-refractivity contribution in [2.45, 2.75) is 6.92 Å². The third kappa shape index (κ3) is 2.23. The largest absolute Gasteiger partial charge is 0.319 e.